The first-order valence-electron chi connectivity index (χ1n) is 9.13. The number of nitrogens with one attached hydrogen (secondary N) is 1. The van der Waals surface area contributed by atoms with Crippen LogP contribution in [0.2, 0.25) is 0 Å². The molecule has 2 heterocycles. The molecule has 1 N–H and O–H groups in total. The van der Waals surface area contributed by atoms with Gasteiger partial charge in [-0.15, -0.1) is 5.10 Å². The molecule has 1 aromatic heterocycles. The topological polar surface area (TPSA) is 93.0 Å². The average molecular weight is 376 g/mol. The first kappa shape index (κ1) is 17.8. The van der Waals surface area contributed by atoms with E-state index in [-0.39, 0.29) is 17.9 Å². The number of nitrogens with zero attached hydrogens (tertiary/aromatic N) is 5. The van der Waals surface area contributed by atoms with Gasteiger partial charge in [0.25, 0.3) is 5.91 Å². The highest BCUT2D eigenvalue weighted by Crippen LogP contribution is 2.28. The van der Waals surface area contributed by atoms with E-state index in [0.29, 0.717) is 24.2 Å². The van der Waals surface area contributed by atoms with E-state index in [1.165, 1.54) is 0 Å². The normalized spacial score (nSPS) is 16.4. The Labute approximate surface area is 162 Å². The van der Waals surface area contributed by atoms with Crippen molar-refractivity contribution in [2.24, 2.45) is 0 Å². The summed E-state index contributed by atoms with van der Waals surface area (Å²) in [6.45, 7) is 2.58. The minimum absolute atomic E-state index is 0.120. The monoisotopic (exact) mass is 376 g/mol. The summed E-state index contributed by atoms with van der Waals surface area (Å²) in [5, 5.41) is 13.9. The van der Waals surface area contributed by atoms with E-state index in [2.05, 4.69) is 20.8 Å². The summed E-state index contributed by atoms with van der Waals surface area (Å²) in [6.07, 6.45) is 2.96. The number of carbonyl (C=O) groups is 2. The summed E-state index contributed by atoms with van der Waals surface area (Å²) in [6, 6.07) is 14.8. The lowest BCUT2D eigenvalue weighted by Crippen LogP contribution is -2.30. The maximum atomic E-state index is 12.6. The van der Waals surface area contributed by atoms with Gasteiger partial charge in [0.05, 0.1) is 6.54 Å². The number of carbonyl (C=O) groups excluding carboxylic acids is 2. The van der Waals surface area contributed by atoms with Crippen LogP contribution in [0.15, 0.2) is 54.9 Å². The summed E-state index contributed by atoms with van der Waals surface area (Å²) >= 11 is 0. The fourth-order valence-corrected chi connectivity index (χ4v) is 3.36. The Morgan fingerprint density at radius 2 is 2.04 bits per heavy atom. The molecule has 1 aliphatic heterocycles. The lowest BCUT2D eigenvalue weighted by Gasteiger charge is -2.22. The Morgan fingerprint density at radius 1 is 1.21 bits per heavy atom. The molecule has 1 aliphatic rings. The van der Waals surface area contributed by atoms with E-state index in [1.807, 2.05) is 43.3 Å². The van der Waals surface area contributed by atoms with Crippen LogP contribution in [0.4, 0.5) is 11.4 Å². The average Bonchev–Trinajstić information content (AvgIpc) is 3.32. The van der Waals surface area contributed by atoms with Crippen LogP contribution in [0.3, 0.4) is 0 Å². The molecule has 1 saturated heterocycles. The van der Waals surface area contributed by atoms with Crippen molar-refractivity contribution in [3.63, 3.8) is 0 Å². The van der Waals surface area contributed by atoms with Crippen molar-refractivity contribution in [1.82, 2.24) is 20.2 Å². The summed E-state index contributed by atoms with van der Waals surface area (Å²) < 4.78 is 1.61. The second-order valence-electron chi connectivity index (χ2n) is 6.86. The molecule has 0 aliphatic carbocycles. The largest absolute Gasteiger partial charge is 0.322 e. The second-order valence-corrected chi connectivity index (χ2v) is 6.86. The molecule has 1 atom stereocenters. The van der Waals surface area contributed by atoms with Gasteiger partial charge in [-0.05, 0) is 59.7 Å². The highest BCUT2D eigenvalue weighted by atomic mass is 16.2. The molecule has 4 rings (SSSR count). The molecule has 2 aromatic carbocycles. The first-order chi connectivity index (χ1) is 13.6. The molecule has 0 saturated carbocycles. The van der Waals surface area contributed by atoms with Gasteiger partial charge in [-0.1, -0.05) is 18.2 Å². The predicted octanol–water partition coefficient (Wildman–Crippen LogP) is 2.49. The zero-order valence-corrected chi connectivity index (χ0v) is 15.4. The lowest BCUT2D eigenvalue weighted by atomic mass is 10.1. The fraction of sp³-hybridized carbons (Fsp3) is 0.250. The van der Waals surface area contributed by atoms with Gasteiger partial charge in [0.1, 0.15) is 6.33 Å². The Hall–Kier alpha value is -3.55. The summed E-state index contributed by atoms with van der Waals surface area (Å²) in [7, 11) is 0. The summed E-state index contributed by atoms with van der Waals surface area (Å²) in [5.41, 5.74) is 3.01. The third-order valence-electron chi connectivity index (χ3n) is 4.82. The van der Waals surface area contributed by atoms with Crippen molar-refractivity contribution in [3.8, 4) is 0 Å². The number of rotatable bonds is 5. The third-order valence-corrected chi connectivity index (χ3v) is 4.82. The zero-order chi connectivity index (χ0) is 19.5. The Morgan fingerprint density at radius 3 is 2.71 bits per heavy atom. The van der Waals surface area contributed by atoms with Gasteiger partial charge < -0.3 is 10.2 Å². The van der Waals surface area contributed by atoms with E-state index in [4.69, 9.17) is 0 Å². The van der Waals surface area contributed by atoms with E-state index < -0.39 is 0 Å². The highest BCUT2D eigenvalue weighted by Gasteiger charge is 2.28. The van der Waals surface area contributed by atoms with Crippen molar-refractivity contribution in [1.29, 1.82) is 0 Å². The minimum atomic E-state index is -0.202. The van der Waals surface area contributed by atoms with E-state index >= 15 is 0 Å². The van der Waals surface area contributed by atoms with Crippen molar-refractivity contribution in [2.75, 3.05) is 10.2 Å². The van der Waals surface area contributed by atoms with Crippen LogP contribution in [0.5, 0.6) is 0 Å². The number of benzene rings is 2. The zero-order valence-electron chi connectivity index (χ0n) is 15.4. The third kappa shape index (κ3) is 3.75. The van der Waals surface area contributed by atoms with E-state index in [1.54, 1.807) is 28.0 Å². The quantitative estimate of drug-likeness (QED) is 0.738. The molecule has 28 heavy (non-hydrogen) atoms. The molecule has 0 spiro atoms. The highest BCUT2D eigenvalue weighted by molar-refractivity contribution is 6.05. The molecule has 1 fully saturated rings. The van der Waals surface area contributed by atoms with Crippen molar-refractivity contribution in [3.05, 3.63) is 66.0 Å². The predicted molar refractivity (Wildman–Crippen MR) is 104 cm³/mol. The molecular weight excluding hydrogens is 356 g/mol. The molecule has 142 valence electrons. The van der Waals surface area contributed by atoms with Gasteiger partial charge in [-0.2, -0.15) is 0 Å². The summed E-state index contributed by atoms with van der Waals surface area (Å²) in [4.78, 5) is 26.5. The summed E-state index contributed by atoms with van der Waals surface area (Å²) in [5.74, 6) is -0.0823. The van der Waals surface area contributed by atoms with Gasteiger partial charge in [0, 0.05) is 29.4 Å². The van der Waals surface area contributed by atoms with Gasteiger partial charge in [0.15, 0.2) is 0 Å². The Kier molecular flexibility index (Phi) is 4.84. The molecule has 1 unspecified atom stereocenters. The molecule has 2 amide bonds. The second kappa shape index (κ2) is 7.59. The van der Waals surface area contributed by atoms with Crippen LogP contribution >= 0.6 is 0 Å². The SMILES string of the molecule is CC1CCC(=O)N1c1cccc(NC(=O)c2ccc(Cn3cnnn3)cc2)c1. The maximum Gasteiger partial charge on any atom is 0.255 e. The standard InChI is InChI=1S/C20H20N6O2/c1-14-5-10-19(27)26(14)18-4-2-3-17(11-18)22-20(28)16-8-6-15(7-9-16)12-25-13-21-23-24-25/h2-4,6-9,11,13-14H,5,10,12H2,1H3,(H,22,28). The van der Waals surface area contributed by atoms with Crippen LogP contribution in [0.25, 0.3) is 0 Å². The first-order valence-corrected chi connectivity index (χ1v) is 9.13. The molecule has 3 aromatic rings. The van der Waals surface area contributed by atoms with Crippen LogP contribution in [-0.4, -0.2) is 38.1 Å². The van der Waals surface area contributed by atoms with Crippen molar-refractivity contribution in [2.45, 2.75) is 32.4 Å². The van der Waals surface area contributed by atoms with Crippen LogP contribution < -0.4 is 10.2 Å². The minimum Gasteiger partial charge on any atom is -0.322 e. The van der Waals surface area contributed by atoms with Crippen LogP contribution in [0.1, 0.15) is 35.7 Å². The number of tetrazole rings is 1. The smallest absolute Gasteiger partial charge is 0.255 e. The maximum absolute atomic E-state index is 12.6. The molecule has 8 heteroatoms. The number of amides is 2. The Balaban J connectivity index is 1.45. The Bertz CT molecular complexity index is 984. The van der Waals surface area contributed by atoms with Gasteiger partial charge in [-0.3, -0.25) is 9.59 Å². The number of hydrogen-bond donors (Lipinski definition) is 1. The van der Waals surface area contributed by atoms with E-state index in [0.717, 1.165) is 17.7 Å². The molecule has 0 radical (unpaired) electrons. The van der Waals surface area contributed by atoms with Gasteiger partial charge >= 0.3 is 0 Å². The van der Waals surface area contributed by atoms with Gasteiger partial charge in [-0.25, -0.2) is 4.68 Å². The number of aromatic nitrogens is 4. The molecule has 8 nitrogen and oxygen atoms in total. The van der Waals surface area contributed by atoms with Crippen molar-refractivity contribution < 1.29 is 9.59 Å². The fourth-order valence-electron chi connectivity index (χ4n) is 3.36. The van der Waals surface area contributed by atoms with Gasteiger partial charge in [0.2, 0.25) is 5.91 Å². The molecular formula is C20H20N6O2. The number of hydrogen-bond acceptors (Lipinski definition) is 5. The van der Waals surface area contributed by atoms with Crippen molar-refractivity contribution >= 4 is 23.2 Å². The molecule has 0 bridgehead atoms. The van der Waals surface area contributed by atoms with Crippen LogP contribution in [0, 0.1) is 0 Å². The number of anilines is 2. The van der Waals surface area contributed by atoms with Crippen LogP contribution in [-0.2, 0) is 11.3 Å². The van der Waals surface area contributed by atoms with E-state index in [9.17, 15) is 9.59 Å². The lowest BCUT2D eigenvalue weighted by molar-refractivity contribution is -0.117.